The zero-order chi connectivity index (χ0) is 16.7. The Balaban J connectivity index is 1.72. The monoisotopic (exact) mass is 315 g/mol. The summed E-state index contributed by atoms with van der Waals surface area (Å²) >= 11 is 0. The number of hydrogen-bond donors (Lipinski definition) is 3. The maximum absolute atomic E-state index is 13.1. The van der Waals surface area contributed by atoms with Crippen LogP contribution in [0.1, 0.15) is 11.1 Å². The van der Waals surface area contributed by atoms with Crippen LogP contribution in [0.15, 0.2) is 48.5 Å². The molecule has 0 fully saturated rings. The Kier molecular flexibility index (Phi) is 5.68. The van der Waals surface area contributed by atoms with E-state index in [1.807, 2.05) is 6.07 Å². The molecule has 23 heavy (non-hydrogen) atoms. The minimum atomic E-state index is -0.455. The molecule has 0 aliphatic heterocycles. The van der Waals surface area contributed by atoms with Gasteiger partial charge in [0.05, 0.1) is 6.54 Å². The Bertz CT molecular complexity index is 689. The van der Waals surface area contributed by atoms with Crippen molar-refractivity contribution in [2.24, 2.45) is 0 Å². The maximum Gasteiger partial charge on any atom is 0.319 e. The number of nitrogens with one attached hydrogen (secondary N) is 3. The quantitative estimate of drug-likeness (QED) is 0.793. The lowest BCUT2D eigenvalue weighted by Gasteiger charge is -2.09. The molecule has 3 amide bonds. The summed E-state index contributed by atoms with van der Waals surface area (Å²) in [5, 5.41) is 7.74. The summed E-state index contributed by atoms with van der Waals surface area (Å²) in [6, 6.07) is 13.1. The molecule has 2 aromatic rings. The molecule has 0 aliphatic carbocycles. The van der Waals surface area contributed by atoms with E-state index in [9.17, 15) is 14.0 Å². The van der Waals surface area contributed by atoms with E-state index in [2.05, 4.69) is 16.0 Å². The Morgan fingerprint density at radius 3 is 2.48 bits per heavy atom. The van der Waals surface area contributed by atoms with Crippen LogP contribution in [0.25, 0.3) is 0 Å². The molecule has 0 saturated carbocycles. The van der Waals surface area contributed by atoms with Gasteiger partial charge in [-0.2, -0.15) is 0 Å². The van der Waals surface area contributed by atoms with E-state index in [1.54, 1.807) is 43.3 Å². The van der Waals surface area contributed by atoms with Gasteiger partial charge < -0.3 is 16.0 Å². The van der Waals surface area contributed by atoms with Gasteiger partial charge in [0.1, 0.15) is 5.82 Å². The van der Waals surface area contributed by atoms with Crippen LogP contribution in [0, 0.1) is 12.7 Å². The number of carbonyl (C=O) groups excluding carboxylic acids is 2. The molecule has 2 rings (SSSR count). The molecule has 0 unspecified atom stereocenters. The molecule has 0 atom stereocenters. The predicted molar refractivity (Wildman–Crippen MR) is 86.4 cm³/mol. The van der Waals surface area contributed by atoms with Crippen LogP contribution in [-0.2, 0) is 11.3 Å². The highest BCUT2D eigenvalue weighted by Crippen LogP contribution is 2.08. The van der Waals surface area contributed by atoms with Crippen LogP contribution >= 0.6 is 0 Å². The standard InChI is InChI=1S/C17H18FN3O2/c1-12-9-13(7-8-15(12)18)10-19-16(22)11-20-17(23)21-14-5-3-2-4-6-14/h2-9H,10-11H2,1H3,(H,19,22)(H2,20,21,23). The van der Waals surface area contributed by atoms with Gasteiger partial charge in [-0.1, -0.05) is 30.3 Å². The molecule has 0 radical (unpaired) electrons. The van der Waals surface area contributed by atoms with Gasteiger partial charge in [-0.3, -0.25) is 4.79 Å². The number of para-hydroxylation sites is 1. The molecule has 3 N–H and O–H groups in total. The molecule has 0 aromatic heterocycles. The van der Waals surface area contributed by atoms with E-state index in [1.165, 1.54) is 6.07 Å². The third-order valence-electron chi connectivity index (χ3n) is 3.15. The first-order valence-electron chi connectivity index (χ1n) is 7.16. The van der Waals surface area contributed by atoms with Crippen molar-refractivity contribution in [3.8, 4) is 0 Å². The lowest BCUT2D eigenvalue weighted by Crippen LogP contribution is -2.38. The number of urea groups is 1. The van der Waals surface area contributed by atoms with Gasteiger partial charge >= 0.3 is 6.03 Å². The van der Waals surface area contributed by atoms with Crippen molar-refractivity contribution < 1.29 is 14.0 Å². The first-order valence-corrected chi connectivity index (χ1v) is 7.16. The van der Waals surface area contributed by atoms with Crippen molar-refractivity contribution in [3.05, 3.63) is 65.5 Å². The van der Waals surface area contributed by atoms with E-state index in [-0.39, 0.29) is 24.8 Å². The summed E-state index contributed by atoms with van der Waals surface area (Å²) in [7, 11) is 0. The molecule has 0 aliphatic rings. The van der Waals surface area contributed by atoms with Crippen LogP contribution in [0.5, 0.6) is 0 Å². The summed E-state index contributed by atoms with van der Waals surface area (Å²) in [5.41, 5.74) is 1.97. The van der Waals surface area contributed by atoms with Gasteiger partial charge in [0.15, 0.2) is 0 Å². The molecule has 0 heterocycles. The molecule has 120 valence electrons. The topological polar surface area (TPSA) is 70.2 Å². The number of rotatable bonds is 5. The van der Waals surface area contributed by atoms with Gasteiger partial charge in [-0.25, -0.2) is 9.18 Å². The van der Waals surface area contributed by atoms with Crippen LogP contribution in [0.4, 0.5) is 14.9 Å². The average Bonchev–Trinajstić information content (AvgIpc) is 2.55. The number of halogens is 1. The van der Waals surface area contributed by atoms with E-state index in [0.29, 0.717) is 11.3 Å². The maximum atomic E-state index is 13.1. The highest BCUT2D eigenvalue weighted by atomic mass is 19.1. The number of hydrogen-bond acceptors (Lipinski definition) is 2. The van der Waals surface area contributed by atoms with Crippen LogP contribution < -0.4 is 16.0 Å². The fourth-order valence-electron chi connectivity index (χ4n) is 1.94. The van der Waals surface area contributed by atoms with Gasteiger partial charge in [0.25, 0.3) is 0 Å². The smallest absolute Gasteiger partial charge is 0.319 e. The second kappa shape index (κ2) is 7.93. The summed E-state index contributed by atoms with van der Waals surface area (Å²) in [6.45, 7) is 1.80. The van der Waals surface area contributed by atoms with Crippen molar-refractivity contribution in [2.75, 3.05) is 11.9 Å². The molecular formula is C17H18FN3O2. The van der Waals surface area contributed by atoms with Crippen LogP contribution in [-0.4, -0.2) is 18.5 Å². The van der Waals surface area contributed by atoms with E-state index in [4.69, 9.17) is 0 Å². The highest BCUT2D eigenvalue weighted by molar-refractivity contribution is 5.92. The number of amides is 3. The van der Waals surface area contributed by atoms with Gasteiger partial charge in [0.2, 0.25) is 5.91 Å². The first-order chi connectivity index (χ1) is 11.0. The minimum absolute atomic E-state index is 0.140. The molecule has 0 saturated heterocycles. The number of carbonyl (C=O) groups is 2. The molecule has 5 nitrogen and oxygen atoms in total. The van der Waals surface area contributed by atoms with Crippen molar-refractivity contribution in [2.45, 2.75) is 13.5 Å². The fourth-order valence-corrected chi connectivity index (χ4v) is 1.94. The number of aryl methyl sites for hydroxylation is 1. The van der Waals surface area contributed by atoms with Crippen LogP contribution in [0.3, 0.4) is 0 Å². The first kappa shape index (κ1) is 16.5. The van der Waals surface area contributed by atoms with Gasteiger partial charge in [0, 0.05) is 12.2 Å². The van der Waals surface area contributed by atoms with E-state index in [0.717, 1.165) is 5.56 Å². The summed E-state index contributed by atoms with van der Waals surface area (Å²) in [6.07, 6.45) is 0. The second-order valence-corrected chi connectivity index (χ2v) is 5.03. The SMILES string of the molecule is Cc1cc(CNC(=O)CNC(=O)Nc2ccccc2)ccc1F. The molecule has 0 bridgehead atoms. The predicted octanol–water partition coefficient (Wildman–Crippen LogP) is 2.57. The van der Waals surface area contributed by atoms with Crippen molar-refractivity contribution >= 4 is 17.6 Å². The minimum Gasteiger partial charge on any atom is -0.350 e. The lowest BCUT2D eigenvalue weighted by molar-refractivity contribution is -0.120. The highest BCUT2D eigenvalue weighted by Gasteiger charge is 2.06. The molecular weight excluding hydrogens is 297 g/mol. The fraction of sp³-hybridized carbons (Fsp3) is 0.176. The zero-order valence-corrected chi connectivity index (χ0v) is 12.7. The van der Waals surface area contributed by atoms with Gasteiger partial charge in [-0.15, -0.1) is 0 Å². The summed E-state index contributed by atoms with van der Waals surface area (Å²) in [5.74, 6) is -0.602. The molecule has 0 spiro atoms. The molecule has 2 aromatic carbocycles. The Hall–Kier alpha value is -2.89. The van der Waals surface area contributed by atoms with Crippen LogP contribution in [0.2, 0.25) is 0 Å². The lowest BCUT2D eigenvalue weighted by atomic mass is 10.1. The Morgan fingerprint density at radius 1 is 1.04 bits per heavy atom. The third kappa shape index (κ3) is 5.43. The van der Waals surface area contributed by atoms with Crippen molar-refractivity contribution in [3.63, 3.8) is 0 Å². The summed E-state index contributed by atoms with van der Waals surface area (Å²) in [4.78, 5) is 23.3. The second-order valence-electron chi connectivity index (χ2n) is 5.03. The number of benzene rings is 2. The largest absolute Gasteiger partial charge is 0.350 e. The van der Waals surface area contributed by atoms with E-state index < -0.39 is 6.03 Å². The Morgan fingerprint density at radius 2 is 1.78 bits per heavy atom. The van der Waals surface area contributed by atoms with E-state index >= 15 is 0 Å². The average molecular weight is 315 g/mol. The normalized spacial score (nSPS) is 10.0. The number of anilines is 1. The van der Waals surface area contributed by atoms with Crippen molar-refractivity contribution in [1.29, 1.82) is 0 Å². The Labute approximate surface area is 133 Å². The zero-order valence-electron chi connectivity index (χ0n) is 12.7. The third-order valence-corrected chi connectivity index (χ3v) is 3.15. The van der Waals surface area contributed by atoms with Gasteiger partial charge in [-0.05, 0) is 36.2 Å². The summed E-state index contributed by atoms with van der Waals surface area (Å²) < 4.78 is 13.1. The van der Waals surface area contributed by atoms with Crippen molar-refractivity contribution in [1.82, 2.24) is 10.6 Å². The molecule has 6 heteroatoms.